The molecule has 0 spiro atoms. The molecule has 1 N–H and O–H groups in total. The summed E-state index contributed by atoms with van der Waals surface area (Å²) in [5.74, 6) is 0. The maximum absolute atomic E-state index is 11.2. The highest BCUT2D eigenvalue weighted by atomic mass is 32.1. The summed E-state index contributed by atoms with van der Waals surface area (Å²) < 4.78 is 0. The minimum Gasteiger partial charge on any atom is -0.389 e. The largest absolute Gasteiger partial charge is 0.389 e. The number of nitrogens with zero attached hydrogens (tertiary/aromatic N) is 3. The maximum Gasteiger partial charge on any atom is 0.292 e. The second-order valence-electron chi connectivity index (χ2n) is 4.90. The molecular formula is C14H17N3O3S. The van der Waals surface area contributed by atoms with Crippen molar-refractivity contribution < 1.29 is 10.0 Å². The van der Waals surface area contributed by atoms with Gasteiger partial charge in [-0.25, -0.2) is 4.98 Å². The topological polar surface area (TPSA) is 79.5 Å². The summed E-state index contributed by atoms with van der Waals surface area (Å²) in [5.41, 5.74) is 1.91. The minimum absolute atomic E-state index is 0.0112. The molecule has 0 bridgehead atoms. The van der Waals surface area contributed by atoms with Crippen LogP contribution in [0.5, 0.6) is 0 Å². The lowest BCUT2D eigenvalue weighted by Gasteiger charge is -2.19. The average Bonchev–Trinajstić information content (AvgIpc) is 2.83. The SMILES string of the molecule is Cc1nc(CN(C)c2ccc([C@H](C)O)cc2[N+](=O)[O-])cs1. The molecule has 7 heteroatoms. The fourth-order valence-electron chi connectivity index (χ4n) is 2.08. The second-order valence-corrected chi connectivity index (χ2v) is 5.96. The Balaban J connectivity index is 2.31. The van der Waals surface area contributed by atoms with Crippen molar-refractivity contribution in [3.63, 3.8) is 0 Å². The van der Waals surface area contributed by atoms with Crippen molar-refractivity contribution in [3.05, 3.63) is 50.0 Å². The zero-order valence-corrected chi connectivity index (χ0v) is 12.9. The molecule has 0 aliphatic heterocycles. The van der Waals surface area contributed by atoms with Gasteiger partial charge in [0, 0.05) is 18.5 Å². The molecule has 0 radical (unpaired) electrons. The first kappa shape index (κ1) is 15.4. The molecule has 0 fully saturated rings. The summed E-state index contributed by atoms with van der Waals surface area (Å²) in [5, 5.41) is 23.7. The van der Waals surface area contributed by atoms with E-state index >= 15 is 0 Å². The van der Waals surface area contributed by atoms with Gasteiger partial charge in [0.25, 0.3) is 5.69 Å². The van der Waals surface area contributed by atoms with Gasteiger partial charge >= 0.3 is 0 Å². The van der Waals surface area contributed by atoms with E-state index in [2.05, 4.69) is 4.98 Å². The van der Waals surface area contributed by atoms with Crippen LogP contribution in [0.15, 0.2) is 23.6 Å². The molecule has 0 aliphatic carbocycles. The number of hydrogen-bond donors (Lipinski definition) is 1. The van der Waals surface area contributed by atoms with Gasteiger partial charge in [-0.2, -0.15) is 0 Å². The third-order valence-corrected chi connectivity index (χ3v) is 3.98. The summed E-state index contributed by atoms with van der Waals surface area (Å²) in [4.78, 5) is 17.0. The number of thiazole rings is 1. The van der Waals surface area contributed by atoms with Gasteiger partial charge in [-0.15, -0.1) is 11.3 Å². The molecule has 0 saturated heterocycles. The van der Waals surface area contributed by atoms with Crippen LogP contribution in [0.1, 0.15) is 29.3 Å². The average molecular weight is 307 g/mol. The third-order valence-electron chi connectivity index (χ3n) is 3.16. The van der Waals surface area contributed by atoms with E-state index in [4.69, 9.17) is 0 Å². The van der Waals surface area contributed by atoms with E-state index in [0.29, 0.717) is 17.8 Å². The fourth-order valence-corrected chi connectivity index (χ4v) is 2.68. The Morgan fingerprint density at radius 1 is 1.52 bits per heavy atom. The second kappa shape index (κ2) is 6.19. The first-order valence-corrected chi connectivity index (χ1v) is 7.35. The highest BCUT2D eigenvalue weighted by Crippen LogP contribution is 2.31. The van der Waals surface area contributed by atoms with E-state index in [9.17, 15) is 15.2 Å². The van der Waals surface area contributed by atoms with Crippen molar-refractivity contribution in [1.82, 2.24) is 4.98 Å². The number of aromatic nitrogens is 1. The monoisotopic (exact) mass is 307 g/mol. The van der Waals surface area contributed by atoms with Gasteiger partial charge in [0.1, 0.15) is 5.69 Å². The molecule has 1 heterocycles. The third kappa shape index (κ3) is 3.56. The Kier molecular flexibility index (Phi) is 4.54. The number of aliphatic hydroxyl groups excluding tert-OH is 1. The molecule has 21 heavy (non-hydrogen) atoms. The van der Waals surface area contributed by atoms with Gasteiger partial charge in [-0.1, -0.05) is 6.07 Å². The van der Waals surface area contributed by atoms with E-state index < -0.39 is 11.0 Å². The molecule has 112 valence electrons. The smallest absolute Gasteiger partial charge is 0.292 e. The Morgan fingerprint density at radius 3 is 2.76 bits per heavy atom. The van der Waals surface area contributed by atoms with Gasteiger partial charge in [0.15, 0.2) is 0 Å². The van der Waals surface area contributed by atoms with Crippen molar-refractivity contribution in [2.75, 3.05) is 11.9 Å². The summed E-state index contributed by atoms with van der Waals surface area (Å²) >= 11 is 1.55. The van der Waals surface area contributed by atoms with Crippen molar-refractivity contribution in [1.29, 1.82) is 0 Å². The molecule has 1 atom stereocenters. The van der Waals surface area contributed by atoms with Crippen LogP contribution >= 0.6 is 11.3 Å². The quantitative estimate of drug-likeness (QED) is 0.678. The van der Waals surface area contributed by atoms with E-state index in [-0.39, 0.29) is 5.69 Å². The standard InChI is InChI=1S/C14H17N3O3S/c1-9(18)11-4-5-13(14(6-11)17(19)20)16(3)7-12-8-21-10(2)15-12/h4-6,8-9,18H,7H2,1-3H3/t9-/m0/s1. The molecule has 2 rings (SSSR count). The molecule has 2 aromatic rings. The Morgan fingerprint density at radius 2 is 2.24 bits per heavy atom. The van der Waals surface area contributed by atoms with Gasteiger partial charge in [0.05, 0.1) is 28.3 Å². The Hall–Kier alpha value is -1.99. The fraction of sp³-hybridized carbons (Fsp3) is 0.357. The minimum atomic E-state index is -0.732. The van der Waals surface area contributed by atoms with Crippen LogP contribution in [0.3, 0.4) is 0 Å². The molecule has 1 aromatic heterocycles. The number of anilines is 1. The predicted octanol–water partition coefficient (Wildman–Crippen LogP) is 3.05. The lowest BCUT2D eigenvalue weighted by molar-refractivity contribution is -0.384. The number of nitro groups is 1. The zero-order chi connectivity index (χ0) is 15.6. The van der Waals surface area contributed by atoms with Gasteiger partial charge in [-0.3, -0.25) is 10.1 Å². The van der Waals surface area contributed by atoms with Gasteiger partial charge in [-0.05, 0) is 25.5 Å². The van der Waals surface area contributed by atoms with E-state index in [1.165, 1.54) is 6.07 Å². The number of aryl methyl sites for hydroxylation is 1. The molecule has 0 saturated carbocycles. The lowest BCUT2D eigenvalue weighted by Crippen LogP contribution is -2.18. The van der Waals surface area contributed by atoms with Crippen LogP contribution < -0.4 is 4.90 Å². The highest BCUT2D eigenvalue weighted by Gasteiger charge is 2.19. The number of aliphatic hydroxyl groups is 1. The number of nitro benzene ring substituents is 1. The Bertz CT molecular complexity index is 655. The van der Waals surface area contributed by atoms with E-state index in [1.54, 1.807) is 42.3 Å². The summed E-state index contributed by atoms with van der Waals surface area (Å²) in [6, 6.07) is 4.79. The summed E-state index contributed by atoms with van der Waals surface area (Å²) in [6.45, 7) is 4.01. The van der Waals surface area contributed by atoms with Gasteiger partial charge in [0.2, 0.25) is 0 Å². The first-order chi connectivity index (χ1) is 9.88. The molecule has 0 unspecified atom stereocenters. The predicted molar refractivity (Wildman–Crippen MR) is 82.7 cm³/mol. The molecular weight excluding hydrogens is 290 g/mol. The lowest BCUT2D eigenvalue weighted by atomic mass is 10.1. The molecule has 6 nitrogen and oxygen atoms in total. The summed E-state index contributed by atoms with van der Waals surface area (Å²) in [7, 11) is 1.79. The van der Waals surface area contributed by atoms with Crippen LogP contribution in [0.2, 0.25) is 0 Å². The van der Waals surface area contributed by atoms with E-state index in [1.807, 2.05) is 12.3 Å². The van der Waals surface area contributed by atoms with Crippen molar-refractivity contribution in [2.45, 2.75) is 26.5 Å². The van der Waals surface area contributed by atoms with Crippen LogP contribution in [-0.2, 0) is 6.54 Å². The van der Waals surface area contributed by atoms with Gasteiger partial charge < -0.3 is 10.0 Å². The normalized spacial score (nSPS) is 12.2. The van der Waals surface area contributed by atoms with Crippen molar-refractivity contribution in [3.8, 4) is 0 Å². The summed E-state index contributed by atoms with van der Waals surface area (Å²) in [6.07, 6.45) is -0.732. The molecule has 1 aromatic carbocycles. The van der Waals surface area contributed by atoms with Crippen LogP contribution in [0, 0.1) is 17.0 Å². The van der Waals surface area contributed by atoms with E-state index in [0.717, 1.165) is 10.7 Å². The number of hydrogen-bond acceptors (Lipinski definition) is 6. The number of benzene rings is 1. The van der Waals surface area contributed by atoms with Crippen LogP contribution in [-0.4, -0.2) is 22.1 Å². The van der Waals surface area contributed by atoms with Crippen molar-refractivity contribution >= 4 is 22.7 Å². The van der Waals surface area contributed by atoms with Crippen LogP contribution in [0.4, 0.5) is 11.4 Å². The maximum atomic E-state index is 11.2. The first-order valence-electron chi connectivity index (χ1n) is 6.47. The Labute approximate surface area is 126 Å². The molecule has 0 amide bonds. The van der Waals surface area contributed by atoms with Crippen LogP contribution in [0.25, 0.3) is 0 Å². The molecule has 0 aliphatic rings. The number of rotatable bonds is 5. The van der Waals surface area contributed by atoms with Crippen molar-refractivity contribution in [2.24, 2.45) is 0 Å². The highest BCUT2D eigenvalue weighted by molar-refractivity contribution is 7.09. The zero-order valence-electron chi connectivity index (χ0n) is 12.1.